The lowest BCUT2D eigenvalue weighted by Crippen LogP contribution is -2.03. The van der Waals surface area contributed by atoms with E-state index < -0.39 is 5.82 Å². The predicted octanol–water partition coefficient (Wildman–Crippen LogP) is 1.96. The summed E-state index contributed by atoms with van der Waals surface area (Å²) in [6, 6.07) is 5.84. The lowest BCUT2D eigenvalue weighted by atomic mass is 10.3. The third-order valence-electron chi connectivity index (χ3n) is 2.37. The van der Waals surface area contributed by atoms with E-state index in [4.69, 9.17) is 15.2 Å². The molecule has 0 spiro atoms. The Hall–Kier alpha value is -2.57. The van der Waals surface area contributed by atoms with Gasteiger partial charge in [-0.1, -0.05) is 0 Å². The van der Waals surface area contributed by atoms with Crippen LogP contribution < -0.4 is 20.5 Å². The quantitative estimate of drug-likeness (QED) is 0.878. The molecular weight excluding hydrogens is 251 g/mol. The lowest BCUT2D eigenvalue weighted by molar-refractivity contribution is 0.398. The van der Waals surface area contributed by atoms with Crippen molar-refractivity contribution in [2.75, 3.05) is 25.3 Å². The molecule has 2 aromatic rings. The summed E-state index contributed by atoms with van der Waals surface area (Å²) in [5.41, 5.74) is 5.74. The molecule has 6 nitrogen and oxygen atoms in total. The van der Waals surface area contributed by atoms with E-state index in [1.54, 1.807) is 0 Å². The second kappa shape index (κ2) is 5.38. The first-order valence-electron chi connectivity index (χ1n) is 5.41. The van der Waals surface area contributed by atoms with Crippen LogP contribution in [0.1, 0.15) is 0 Å². The molecular formula is C12H13FN4O2. The summed E-state index contributed by atoms with van der Waals surface area (Å²) < 4.78 is 23.6. The molecule has 0 aliphatic heterocycles. The molecule has 0 saturated heterocycles. The van der Waals surface area contributed by atoms with Gasteiger partial charge in [0.05, 0.1) is 19.9 Å². The van der Waals surface area contributed by atoms with Gasteiger partial charge in [-0.05, 0) is 12.1 Å². The number of aromatic nitrogens is 2. The Balaban J connectivity index is 2.32. The first kappa shape index (κ1) is 12.9. The first-order valence-corrected chi connectivity index (χ1v) is 5.41. The van der Waals surface area contributed by atoms with Gasteiger partial charge in [-0.25, -0.2) is 4.39 Å². The van der Waals surface area contributed by atoms with E-state index in [2.05, 4.69) is 15.3 Å². The van der Waals surface area contributed by atoms with Crippen LogP contribution in [0.25, 0.3) is 0 Å². The Morgan fingerprint density at radius 1 is 1.16 bits per heavy atom. The summed E-state index contributed by atoms with van der Waals surface area (Å²) in [6.45, 7) is 0. The molecule has 1 heterocycles. The van der Waals surface area contributed by atoms with Crippen molar-refractivity contribution in [1.82, 2.24) is 9.97 Å². The number of nitrogens with two attached hydrogens (primary N) is 1. The Bertz CT molecular complexity index is 592. The highest BCUT2D eigenvalue weighted by atomic mass is 19.1. The number of halogens is 1. The number of hydrogen-bond donors (Lipinski definition) is 2. The topological polar surface area (TPSA) is 82.3 Å². The van der Waals surface area contributed by atoms with Gasteiger partial charge in [-0.3, -0.25) is 0 Å². The minimum atomic E-state index is -0.433. The molecule has 0 unspecified atom stereocenters. The van der Waals surface area contributed by atoms with E-state index in [0.29, 0.717) is 17.4 Å². The predicted molar refractivity (Wildman–Crippen MR) is 69.2 cm³/mol. The van der Waals surface area contributed by atoms with Crippen LogP contribution >= 0.6 is 0 Å². The van der Waals surface area contributed by atoms with E-state index in [-0.39, 0.29) is 11.6 Å². The summed E-state index contributed by atoms with van der Waals surface area (Å²) in [5, 5.41) is 2.80. The Labute approximate surface area is 109 Å². The van der Waals surface area contributed by atoms with Crippen LogP contribution in [0.2, 0.25) is 0 Å². The largest absolute Gasteiger partial charge is 0.497 e. The van der Waals surface area contributed by atoms with Gasteiger partial charge < -0.3 is 20.5 Å². The number of ether oxygens (including phenoxy) is 2. The third kappa shape index (κ3) is 3.01. The van der Waals surface area contributed by atoms with Crippen LogP contribution in [0.5, 0.6) is 11.6 Å². The highest BCUT2D eigenvalue weighted by molar-refractivity contribution is 5.60. The van der Waals surface area contributed by atoms with Crippen molar-refractivity contribution in [3.05, 3.63) is 30.1 Å². The highest BCUT2D eigenvalue weighted by Gasteiger charge is 2.07. The number of nitrogen functional groups attached to an aromatic ring is 1. The zero-order valence-electron chi connectivity index (χ0n) is 10.5. The van der Waals surface area contributed by atoms with Crippen molar-refractivity contribution >= 4 is 17.5 Å². The molecule has 100 valence electrons. The Kier molecular flexibility index (Phi) is 3.65. The molecule has 0 bridgehead atoms. The average molecular weight is 264 g/mol. The number of nitrogens with zero attached hydrogens (tertiary/aromatic N) is 2. The number of methoxy groups -OCH3 is 2. The number of hydrogen-bond acceptors (Lipinski definition) is 6. The Morgan fingerprint density at radius 2 is 1.95 bits per heavy atom. The van der Waals surface area contributed by atoms with Crippen LogP contribution in [-0.2, 0) is 0 Å². The SMILES string of the molecule is COc1ccc(F)c(Nc2cc(OC)nc(N)n2)c1. The summed E-state index contributed by atoms with van der Waals surface area (Å²) in [4.78, 5) is 7.78. The summed E-state index contributed by atoms with van der Waals surface area (Å²) in [5.74, 6) is 0.745. The molecule has 0 amide bonds. The number of benzene rings is 1. The summed E-state index contributed by atoms with van der Waals surface area (Å²) in [6.07, 6.45) is 0. The first-order chi connectivity index (χ1) is 9.12. The van der Waals surface area contributed by atoms with Crippen molar-refractivity contribution in [2.24, 2.45) is 0 Å². The summed E-state index contributed by atoms with van der Waals surface area (Å²) in [7, 11) is 2.96. The molecule has 1 aromatic heterocycles. The van der Waals surface area contributed by atoms with Crippen LogP contribution in [0.3, 0.4) is 0 Å². The molecule has 7 heteroatoms. The van der Waals surface area contributed by atoms with Crippen LogP contribution in [0.4, 0.5) is 21.8 Å². The molecule has 0 aliphatic carbocycles. The van der Waals surface area contributed by atoms with Gasteiger partial charge in [0.2, 0.25) is 11.8 Å². The van der Waals surface area contributed by atoms with Crippen molar-refractivity contribution in [2.45, 2.75) is 0 Å². The molecule has 0 atom stereocenters. The fourth-order valence-electron chi connectivity index (χ4n) is 1.48. The minimum Gasteiger partial charge on any atom is -0.497 e. The molecule has 19 heavy (non-hydrogen) atoms. The van der Waals surface area contributed by atoms with E-state index in [0.717, 1.165) is 0 Å². The van der Waals surface area contributed by atoms with E-state index in [9.17, 15) is 4.39 Å². The van der Waals surface area contributed by atoms with Gasteiger partial charge in [0.25, 0.3) is 0 Å². The zero-order valence-corrected chi connectivity index (χ0v) is 10.5. The smallest absolute Gasteiger partial charge is 0.225 e. The number of anilines is 3. The fourth-order valence-corrected chi connectivity index (χ4v) is 1.48. The maximum atomic E-state index is 13.7. The maximum Gasteiger partial charge on any atom is 0.225 e. The molecule has 3 N–H and O–H groups in total. The molecule has 0 fully saturated rings. The highest BCUT2D eigenvalue weighted by Crippen LogP contribution is 2.25. The van der Waals surface area contributed by atoms with Crippen LogP contribution in [0, 0.1) is 5.82 Å². The summed E-state index contributed by atoms with van der Waals surface area (Å²) >= 11 is 0. The second-order valence-corrected chi connectivity index (χ2v) is 3.62. The van der Waals surface area contributed by atoms with Crippen LogP contribution in [0.15, 0.2) is 24.3 Å². The lowest BCUT2D eigenvalue weighted by Gasteiger charge is -2.09. The molecule has 1 aromatic carbocycles. The average Bonchev–Trinajstić information content (AvgIpc) is 2.40. The standard InChI is InChI=1S/C12H13FN4O2/c1-18-7-3-4-8(13)9(5-7)15-10-6-11(19-2)17-12(14)16-10/h3-6H,1-2H3,(H3,14,15,16,17). The molecule has 0 aliphatic rings. The second-order valence-electron chi connectivity index (χ2n) is 3.62. The van der Waals surface area contributed by atoms with Crippen molar-refractivity contribution in [3.8, 4) is 11.6 Å². The monoisotopic (exact) mass is 264 g/mol. The maximum absolute atomic E-state index is 13.7. The van der Waals surface area contributed by atoms with Crippen molar-refractivity contribution in [1.29, 1.82) is 0 Å². The van der Waals surface area contributed by atoms with E-state index in [1.807, 2.05) is 0 Å². The zero-order chi connectivity index (χ0) is 13.8. The third-order valence-corrected chi connectivity index (χ3v) is 2.37. The van der Waals surface area contributed by atoms with Crippen molar-refractivity contribution in [3.63, 3.8) is 0 Å². The van der Waals surface area contributed by atoms with Gasteiger partial charge in [-0.15, -0.1) is 0 Å². The fraction of sp³-hybridized carbons (Fsp3) is 0.167. The molecule has 2 rings (SSSR count). The van der Waals surface area contributed by atoms with E-state index in [1.165, 1.54) is 38.5 Å². The van der Waals surface area contributed by atoms with Gasteiger partial charge >= 0.3 is 0 Å². The number of nitrogens with one attached hydrogen (secondary N) is 1. The van der Waals surface area contributed by atoms with Crippen molar-refractivity contribution < 1.29 is 13.9 Å². The van der Waals surface area contributed by atoms with E-state index >= 15 is 0 Å². The molecule has 0 saturated carbocycles. The van der Waals surface area contributed by atoms with Gasteiger partial charge in [0.15, 0.2) is 0 Å². The van der Waals surface area contributed by atoms with Crippen LogP contribution in [-0.4, -0.2) is 24.2 Å². The molecule has 0 radical (unpaired) electrons. The van der Waals surface area contributed by atoms with Gasteiger partial charge in [0, 0.05) is 12.1 Å². The number of rotatable bonds is 4. The van der Waals surface area contributed by atoms with Gasteiger partial charge in [0.1, 0.15) is 17.4 Å². The van der Waals surface area contributed by atoms with Gasteiger partial charge in [-0.2, -0.15) is 9.97 Å². The normalized spacial score (nSPS) is 10.1. The Morgan fingerprint density at radius 3 is 2.63 bits per heavy atom. The minimum absolute atomic E-state index is 0.0326.